The van der Waals surface area contributed by atoms with E-state index in [0.717, 1.165) is 60.7 Å². The number of esters is 1. The molecule has 0 unspecified atom stereocenters. The number of aromatic hydroxyl groups is 1. The Bertz CT molecular complexity index is 2450. The van der Waals surface area contributed by atoms with E-state index in [0.29, 0.717) is 21.7 Å². The molecule has 0 saturated heterocycles. The van der Waals surface area contributed by atoms with Crippen LogP contribution in [0.3, 0.4) is 0 Å². The van der Waals surface area contributed by atoms with Crippen molar-refractivity contribution in [1.29, 1.82) is 0 Å². The number of carbonyl (C=O) groups excluding carboxylic acids is 3. The van der Waals surface area contributed by atoms with Crippen molar-refractivity contribution in [3.05, 3.63) is 77.5 Å². The van der Waals surface area contributed by atoms with Gasteiger partial charge in [-0.2, -0.15) is 28.6 Å². The maximum absolute atomic E-state index is 13.5. The second-order valence-electron chi connectivity index (χ2n) is 9.78. The molecule has 1 amide bonds. The van der Waals surface area contributed by atoms with Gasteiger partial charge in [0.25, 0.3) is 11.7 Å². The molecule has 22 nitrogen and oxygen atoms in total. The van der Waals surface area contributed by atoms with E-state index in [9.17, 15) is 55.9 Å². The molecule has 59 heavy (non-hydrogen) atoms. The number of benzene rings is 2. The maximum atomic E-state index is 13.5. The third kappa shape index (κ3) is 16.2. The number of rotatable bonds is 16. The van der Waals surface area contributed by atoms with E-state index in [1.807, 2.05) is 0 Å². The average molecular weight is 995 g/mol. The molecule has 0 bridgehead atoms. The second kappa shape index (κ2) is 28.2. The predicted octanol–water partition coefficient (Wildman–Crippen LogP) is -12.2. The van der Waals surface area contributed by atoms with Crippen molar-refractivity contribution in [3.8, 4) is 23.6 Å². The number of nitrogens with zero attached hydrogens (tertiary/aromatic N) is 4. The van der Waals surface area contributed by atoms with Crippen LogP contribution in [0.15, 0.2) is 91.0 Å². The molecule has 1 aromatic heterocycles. The van der Waals surface area contributed by atoms with E-state index >= 15 is 0 Å². The van der Waals surface area contributed by atoms with Crippen molar-refractivity contribution < 1.29 is 290 Å². The smallest absolute Gasteiger partial charge is 0.744 e. The SMILES string of the molecule is CCOC(=O)c1nn(-c2cc(SOO[O-])ccc2S(=O)(=O)[O-])c(O)c1C=CC=C/C=C1\C(=O)N(c2cc(SOO[O-])ccc2S(=O)(=O)[O-])N=C1C(=O)C#CO.[K+].[K+].[K+].[K+]. The zero-order valence-electron chi connectivity index (χ0n) is 30.9. The van der Waals surface area contributed by atoms with Gasteiger partial charge in [0.05, 0.1) is 63.0 Å². The number of aliphatic hydroxyl groups is 1. The van der Waals surface area contributed by atoms with Crippen LogP contribution in [0.2, 0.25) is 0 Å². The van der Waals surface area contributed by atoms with E-state index < -0.39 is 81.9 Å². The minimum atomic E-state index is -5.28. The maximum Gasteiger partial charge on any atom is 1.00 e. The number of Topliss-reactive ketones (excluding diaryl/α,β-unsaturated/α-hetero) is 1. The molecule has 2 heterocycles. The Hall–Kier alpha value is 1.14. The molecule has 1 aliphatic rings. The van der Waals surface area contributed by atoms with E-state index in [1.165, 1.54) is 19.1 Å². The van der Waals surface area contributed by atoms with Crippen molar-refractivity contribution in [2.24, 2.45) is 5.10 Å². The van der Waals surface area contributed by atoms with Gasteiger partial charge in [0.2, 0.25) is 5.88 Å². The van der Waals surface area contributed by atoms with Crippen LogP contribution in [0.1, 0.15) is 23.0 Å². The van der Waals surface area contributed by atoms with Crippen molar-refractivity contribution in [2.75, 3.05) is 11.6 Å². The molecule has 0 spiro atoms. The van der Waals surface area contributed by atoms with E-state index in [4.69, 9.17) is 9.84 Å². The molecular weight excluding hydrogens is 977 g/mol. The number of anilines is 1. The fourth-order valence-corrected chi connectivity index (χ4v) is 6.48. The number of hydrogen-bond donors (Lipinski definition) is 2. The number of ketones is 1. The molecule has 2 N–H and O–H groups in total. The Morgan fingerprint density at radius 2 is 1.42 bits per heavy atom. The Morgan fingerprint density at radius 3 is 1.93 bits per heavy atom. The first-order chi connectivity index (χ1) is 26.1. The molecule has 1 aliphatic heterocycles. The Kier molecular flexibility index (Phi) is 28.8. The van der Waals surface area contributed by atoms with Crippen LogP contribution in [-0.4, -0.2) is 75.9 Å². The summed E-state index contributed by atoms with van der Waals surface area (Å²) in [4.78, 5) is 37.0. The van der Waals surface area contributed by atoms with Gasteiger partial charge in [0, 0.05) is 15.7 Å². The van der Waals surface area contributed by atoms with Crippen LogP contribution in [0.5, 0.6) is 5.88 Å². The predicted molar refractivity (Wildman–Crippen MR) is 176 cm³/mol. The van der Waals surface area contributed by atoms with Crippen LogP contribution < -0.4 is 221 Å². The van der Waals surface area contributed by atoms with Crippen molar-refractivity contribution in [3.63, 3.8) is 0 Å². The van der Waals surface area contributed by atoms with Gasteiger partial charge in [-0.05, 0) is 55.5 Å². The molecular formula is C29H18K4N4O18S4. The normalized spacial score (nSPS) is 13.2. The van der Waals surface area contributed by atoms with Crippen molar-refractivity contribution >= 4 is 79.5 Å². The molecule has 2 aromatic carbocycles. The Labute approximate surface area is 512 Å². The summed E-state index contributed by atoms with van der Waals surface area (Å²) in [7, 11) is -10.5. The fraction of sp³-hybridized carbons (Fsp3) is 0.0690. The summed E-state index contributed by atoms with van der Waals surface area (Å²) < 4.78 is 86.0. The zero-order chi connectivity index (χ0) is 40.5. The van der Waals surface area contributed by atoms with Gasteiger partial charge in [-0.3, -0.25) is 19.7 Å². The van der Waals surface area contributed by atoms with Crippen LogP contribution in [-0.2, 0) is 53.3 Å². The quantitative estimate of drug-likeness (QED) is 0.0155. The molecule has 0 aliphatic carbocycles. The van der Waals surface area contributed by atoms with Crippen molar-refractivity contribution in [1.82, 2.24) is 9.78 Å². The van der Waals surface area contributed by atoms with E-state index in [2.05, 4.69) is 28.9 Å². The van der Waals surface area contributed by atoms with Gasteiger partial charge in [0.15, 0.2) is 11.4 Å². The molecule has 0 saturated carbocycles. The van der Waals surface area contributed by atoms with Gasteiger partial charge in [-0.1, -0.05) is 18.2 Å². The first kappa shape index (κ1) is 60.1. The average Bonchev–Trinajstić information content (AvgIpc) is 3.64. The molecule has 0 atom stereocenters. The second-order valence-corrected chi connectivity index (χ2v) is 14.0. The fourth-order valence-electron chi connectivity index (χ4n) is 4.42. The van der Waals surface area contributed by atoms with Gasteiger partial charge in [-0.15, -0.1) is 0 Å². The number of amides is 1. The molecule has 4 rings (SSSR count). The number of hydrazone groups is 1. The molecule has 0 fully saturated rings. The minimum Gasteiger partial charge on any atom is -0.744 e. The largest absolute Gasteiger partial charge is 1.00 e. The number of hydrogen-bond acceptors (Lipinski definition) is 22. The summed E-state index contributed by atoms with van der Waals surface area (Å²) in [6.45, 7) is 1.29. The van der Waals surface area contributed by atoms with E-state index in [1.54, 1.807) is 5.92 Å². The number of aliphatic hydroxyl groups excluding tert-OH is 1. The summed E-state index contributed by atoms with van der Waals surface area (Å²) in [6, 6.07) is 5.58. The number of allylic oxidation sites excluding steroid dienone is 4. The van der Waals surface area contributed by atoms with Gasteiger partial charge in [-0.25, -0.2) is 21.6 Å². The third-order valence-corrected chi connectivity index (χ3v) is 9.46. The first-order valence-corrected chi connectivity index (χ1v) is 18.5. The minimum absolute atomic E-state index is 0. The van der Waals surface area contributed by atoms with Crippen LogP contribution in [0.25, 0.3) is 11.8 Å². The Balaban J connectivity index is 0.00000841. The standard InChI is InChI=1S/C29H22N4O18S4.4K/c1-2-47-29(38)26-19(28(37)33(31-26)21-15-17(53-51-49-40)9-11-24(21)55(44,45)46)7-5-3-4-6-18-25(22(35)12-13-34)30-32(27(18)36)20-14-16(52-50-48-39)8-10-23(20)54(41,42)43;;;;/h3-11,14-15,34,37,39-40H,2H2,1H3,(H,41,42,43)(H,44,45,46);;;;/q;4*+1/p-4/b4-3?,7-5?,18-6-;;;;. The Morgan fingerprint density at radius 1 is 0.881 bits per heavy atom. The summed E-state index contributed by atoms with van der Waals surface area (Å²) in [5.74, 6) is -2.64. The number of carbonyl (C=O) groups is 3. The van der Waals surface area contributed by atoms with Gasteiger partial charge >= 0.3 is 212 Å². The zero-order valence-corrected chi connectivity index (χ0v) is 46.7. The van der Waals surface area contributed by atoms with Crippen LogP contribution in [0.4, 0.5) is 5.69 Å². The summed E-state index contributed by atoms with van der Waals surface area (Å²) >= 11 is 0.577. The van der Waals surface area contributed by atoms with Crippen LogP contribution >= 0.6 is 24.1 Å². The topological polar surface area (TPSA) is 332 Å². The monoisotopic (exact) mass is 994 g/mol. The molecule has 30 heteroatoms. The summed E-state index contributed by atoms with van der Waals surface area (Å²) in [6.07, 6.45) is 6.84. The van der Waals surface area contributed by atoms with Crippen LogP contribution in [0, 0.1) is 12.0 Å². The molecule has 3 aromatic rings. The summed E-state index contributed by atoms with van der Waals surface area (Å²) in [5, 5.41) is 55.2. The van der Waals surface area contributed by atoms with Gasteiger partial charge in [0.1, 0.15) is 26.3 Å². The molecule has 0 radical (unpaired) electrons. The molecule has 290 valence electrons. The first-order valence-electron chi connectivity index (χ1n) is 14.2. The number of ether oxygens (including phenoxy) is 1. The van der Waals surface area contributed by atoms with Gasteiger partial charge < -0.3 is 34.6 Å². The van der Waals surface area contributed by atoms with Crippen molar-refractivity contribution in [2.45, 2.75) is 26.5 Å². The summed E-state index contributed by atoms with van der Waals surface area (Å²) in [5.41, 5.74) is -3.45. The third-order valence-electron chi connectivity index (χ3n) is 6.55. The van der Waals surface area contributed by atoms with E-state index in [-0.39, 0.29) is 240 Å². The number of aromatic nitrogens is 2.